The minimum absolute atomic E-state index is 0.0102. The van der Waals surface area contributed by atoms with Crippen LogP contribution in [0.1, 0.15) is 18.0 Å². The summed E-state index contributed by atoms with van der Waals surface area (Å²) >= 11 is 1.54. The fourth-order valence-corrected chi connectivity index (χ4v) is 1.70. The van der Waals surface area contributed by atoms with Gasteiger partial charge in [-0.1, -0.05) is 0 Å². The van der Waals surface area contributed by atoms with Crippen LogP contribution >= 0.6 is 11.3 Å². The molecule has 0 radical (unpaired) electrons. The second-order valence-corrected chi connectivity index (χ2v) is 3.68. The first kappa shape index (κ1) is 10.1. The van der Waals surface area contributed by atoms with Crippen molar-refractivity contribution >= 4 is 17.2 Å². The normalized spacial score (nSPS) is 12.5. The molecule has 1 aromatic heterocycles. The van der Waals surface area contributed by atoms with E-state index in [2.05, 4.69) is 4.98 Å². The molecule has 1 atom stereocenters. The van der Waals surface area contributed by atoms with Crippen LogP contribution in [0.2, 0.25) is 0 Å². The Morgan fingerprint density at radius 2 is 2.54 bits per heavy atom. The van der Waals surface area contributed by atoms with E-state index < -0.39 is 0 Å². The first-order chi connectivity index (χ1) is 6.16. The number of thiazole rings is 1. The van der Waals surface area contributed by atoms with Crippen molar-refractivity contribution in [1.82, 2.24) is 9.88 Å². The predicted molar refractivity (Wildman–Crippen MR) is 52.4 cm³/mol. The largest absolute Gasteiger partial charge is 0.335 e. The molecule has 0 saturated heterocycles. The number of hydrogen-bond donors (Lipinski definition) is 1. The summed E-state index contributed by atoms with van der Waals surface area (Å²) in [7, 11) is 1.74. The summed E-state index contributed by atoms with van der Waals surface area (Å²) in [5.41, 5.74) is 5.26. The molecule has 1 heterocycles. The molecule has 72 valence electrons. The molecular formula is C8H13N3OS. The smallest absolute Gasteiger partial charge is 0.236 e. The quantitative estimate of drug-likeness (QED) is 0.776. The fourth-order valence-electron chi connectivity index (χ4n) is 0.966. The number of carbonyl (C=O) groups excluding carboxylic acids is 1. The minimum Gasteiger partial charge on any atom is -0.335 e. The molecule has 0 aliphatic rings. The van der Waals surface area contributed by atoms with E-state index in [1.807, 2.05) is 12.3 Å². The first-order valence-corrected chi connectivity index (χ1v) is 4.90. The molecule has 1 aromatic rings. The molecule has 13 heavy (non-hydrogen) atoms. The monoisotopic (exact) mass is 199 g/mol. The third-order valence-corrected chi connectivity index (χ3v) is 2.90. The molecule has 0 saturated carbocycles. The van der Waals surface area contributed by atoms with E-state index in [-0.39, 0.29) is 18.5 Å². The number of carbonyl (C=O) groups is 1. The summed E-state index contributed by atoms with van der Waals surface area (Å²) in [5, 5.41) is 2.83. The third-order valence-electron chi connectivity index (χ3n) is 1.96. The van der Waals surface area contributed by atoms with Crippen molar-refractivity contribution in [1.29, 1.82) is 0 Å². The summed E-state index contributed by atoms with van der Waals surface area (Å²) in [6.45, 7) is 1.98. The molecule has 1 rings (SSSR count). The third kappa shape index (κ3) is 2.26. The molecule has 0 bridgehead atoms. The summed E-state index contributed by atoms with van der Waals surface area (Å²) in [6.07, 6.45) is 1.73. The number of nitrogens with two attached hydrogens (primary N) is 1. The topological polar surface area (TPSA) is 59.2 Å². The molecule has 0 unspecified atom stereocenters. The SMILES string of the molecule is C[C@H](c1nccs1)N(C)C(=O)CN. The van der Waals surface area contributed by atoms with Crippen molar-refractivity contribution in [2.45, 2.75) is 13.0 Å². The van der Waals surface area contributed by atoms with Gasteiger partial charge in [-0.3, -0.25) is 4.79 Å². The van der Waals surface area contributed by atoms with Gasteiger partial charge in [-0.25, -0.2) is 4.98 Å². The van der Waals surface area contributed by atoms with E-state index in [1.54, 1.807) is 29.5 Å². The van der Waals surface area contributed by atoms with Gasteiger partial charge in [0.1, 0.15) is 5.01 Å². The number of rotatable bonds is 3. The number of amides is 1. The lowest BCUT2D eigenvalue weighted by Gasteiger charge is -2.22. The molecule has 2 N–H and O–H groups in total. The Kier molecular flexibility index (Phi) is 3.39. The maximum absolute atomic E-state index is 11.2. The van der Waals surface area contributed by atoms with Crippen LogP contribution in [-0.4, -0.2) is 29.4 Å². The lowest BCUT2D eigenvalue weighted by atomic mass is 10.3. The van der Waals surface area contributed by atoms with Crippen LogP contribution in [0.3, 0.4) is 0 Å². The van der Waals surface area contributed by atoms with Gasteiger partial charge in [0, 0.05) is 18.6 Å². The molecule has 0 fully saturated rings. The molecule has 5 heteroatoms. The molecule has 0 spiro atoms. The first-order valence-electron chi connectivity index (χ1n) is 4.02. The van der Waals surface area contributed by atoms with Crippen molar-refractivity contribution in [2.24, 2.45) is 5.73 Å². The Morgan fingerprint density at radius 3 is 3.00 bits per heavy atom. The van der Waals surface area contributed by atoms with Gasteiger partial charge in [0.15, 0.2) is 0 Å². The van der Waals surface area contributed by atoms with Gasteiger partial charge in [-0.2, -0.15) is 0 Å². The van der Waals surface area contributed by atoms with E-state index >= 15 is 0 Å². The van der Waals surface area contributed by atoms with Crippen LogP contribution < -0.4 is 5.73 Å². The summed E-state index contributed by atoms with van der Waals surface area (Å²) < 4.78 is 0. The van der Waals surface area contributed by atoms with E-state index in [4.69, 9.17) is 5.73 Å². The number of hydrogen-bond acceptors (Lipinski definition) is 4. The number of likely N-dealkylation sites (N-methyl/N-ethyl adjacent to an activating group) is 1. The van der Waals surface area contributed by atoms with Crippen LogP contribution in [0.15, 0.2) is 11.6 Å². The lowest BCUT2D eigenvalue weighted by Crippen LogP contribution is -2.34. The molecule has 4 nitrogen and oxygen atoms in total. The van der Waals surface area contributed by atoms with Gasteiger partial charge in [0.25, 0.3) is 0 Å². The highest BCUT2D eigenvalue weighted by molar-refractivity contribution is 7.09. The number of aromatic nitrogens is 1. The standard InChI is InChI=1S/C8H13N3OS/c1-6(8-10-3-4-13-8)11(2)7(12)5-9/h3-4,6H,5,9H2,1-2H3/t6-/m1/s1. The Hall–Kier alpha value is -0.940. The molecule has 0 aliphatic carbocycles. The predicted octanol–water partition coefficient (Wildman–Crippen LogP) is 0.621. The zero-order valence-electron chi connectivity index (χ0n) is 7.73. The van der Waals surface area contributed by atoms with E-state index in [1.165, 1.54) is 0 Å². The van der Waals surface area contributed by atoms with Gasteiger partial charge in [0.05, 0.1) is 12.6 Å². The molecule has 0 aliphatic heterocycles. The van der Waals surface area contributed by atoms with Gasteiger partial charge < -0.3 is 10.6 Å². The zero-order valence-corrected chi connectivity index (χ0v) is 8.54. The molecular weight excluding hydrogens is 186 g/mol. The van der Waals surface area contributed by atoms with Crippen LogP contribution in [0.4, 0.5) is 0 Å². The van der Waals surface area contributed by atoms with E-state index in [9.17, 15) is 4.79 Å². The lowest BCUT2D eigenvalue weighted by molar-refractivity contribution is -0.130. The second kappa shape index (κ2) is 4.34. The van der Waals surface area contributed by atoms with E-state index in [0.29, 0.717) is 0 Å². The highest BCUT2D eigenvalue weighted by Gasteiger charge is 2.17. The minimum atomic E-state index is -0.0669. The highest BCUT2D eigenvalue weighted by atomic mass is 32.1. The zero-order chi connectivity index (χ0) is 9.84. The molecule has 1 amide bonds. The van der Waals surface area contributed by atoms with Gasteiger partial charge in [0.2, 0.25) is 5.91 Å². The summed E-state index contributed by atoms with van der Waals surface area (Å²) in [4.78, 5) is 17.0. The van der Waals surface area contributed by atoms with Crippen molar-refractivity contribution in [3.8, 4) is 0 Å². The van der Waals surface area contributed by atoms with Gasteiger partial charge in [-0.15, -0.1) is 11.3 Å². The van der Waals surface area contributed by atoms with Crippen molar-refractivity contribution in [3.63, 3.8) is 0 Å². The molecule has 0 aromatic carbocycles. The van der Waals surface area contributed by atoms with Crippen LogP contribution in [0.5, 0.6) is 0 Å². The Labute approximate surface area is 81.4 Å². The van der Waals surface area contributed by atoms with Crippen LogP contribution in [-0.2, 0) is 4.79 Å². The Balaban J connectivity index is 2.68. The van der Waals surface area contributed by atoms with Gasteiger partial charge in [-0.05, 0) is 6.92 Å². The Bertz CT molecular complexity index is 273. The van der Waals surface area contributed by atoms with Gasteiger partial charge >= 0.3 is 0 Å². The average Bonchev–Trinajstić information content (AvgIpc) is 2.67. The summed E-state index contributed by atoms with van der Waals surface area (Å²) in [6, 6.07) is 0.0102. The second-order valence-electron chi connectivity index (χ2n) is 2.76. The van der Waals surface area contributed by atoms with Crippen molar-refractivity contribution < 1.29 is 4.79 Å². The van der Waals surface area contributed by atoms with Crippen LogP contribution in [0, 0.1) is 0 Å². The maximum Gasteiger partial charge on any atom is 0.236 e. The average molecular weight is 199 g/mol. The Morgan fingerprint density at radius 1 is 1.85 bits per heavy atom. The van der Waals surface area contributed by atoms with Crippen molar-refractivity contribution in [3.05, 3.63) is 16.6 Å². The fraction of sp³-hybridized carbons (Fsp3) is 0.500. The number of nitrogens with zero attached hydrogens (tertiary/aromatic N) is 2. The maximum atomic E-state index is 11.2. The highest BCUT2D eigenvalue weighted by Crippen LogP contribution is 2.20. The van der Waals surface area contributed by atoms with E-state index in [0.717, 1.165) is 5.01 Å². The van der Waals surface area contributed by atoms with Crippen LogP contribution in [0.25, 0.3) is 0 Å². The van der Waals surface area contributed by atoms with Crippen molar-refractivity contribution in [2.75, 3.05) is 13.6 Å². The summed E-state index contributed by atoms with van der Waals surface area (Å²) in [5.74, 6) is -0.0669.